The normalized spacial score (nSPS) is 10.9. The van der Waals surface area contributed by atoms with Crippen LogP contribution in [0.3, 0.4) is 0 Å². The Kier molecular flexibility index (Phi) is 4.81. The summed E-state index contributed by atoms with van der Waals surface area (Å²) < 4.78 is 3.39. The molecule has 0 atom stereocenters. The smallest absolute Gasteiger partial charge is 0.257 e. The van der Waals surface area contributed by atoms with Gasteiger partial charge in [-0.2, -0.15) is 5.10 Å². The molecule has 0 saturated heterocycles. The summed E-state index contributed by atoms with van der Waals surface area (Å²) in [4.78, 5) is 17.2. The quantitative estimate of drug-likeness (QED) is 0.459. The zero-order valence-corrected chi connectivity index (χ0v) is 17.2. The summed E-state index contributed by atoms with van der Waals surface area (Å²) in [5, 5.41) is 20.8. The number of benzene rings is 2. The molecule has 0 bridgehead atoms. The fourth-order valence-corrected chi connectivity index (χ4v) is 3.83. The number of hydrogen-bond acceptors (Lipinski definition) is 7. The van der Waals surface area contributed by atoms with Crippen LogP contribution in [0, 0.1) is 6.92 Å². The summed E-state index contributed by atoms with van der Waals surface area (Å²) in [6.45, 7) is 1.98. The average molecular weight is 428 g/mol. The van der Waals surface area contributed by atoms with E-state index in [2.05, 4.69) is 30.9 Å². The lowest BCUT2D eigenvalue weighted by Crippen LogP contribution is -2.12. The Morgan fingerprint density at radius 3 is 2.68 bits per heavy atom. The van der Waals surface area contributed by atoms with Crippen LogP contribution in [0.2, 0.25) is 0 Å². The van der Waals surface area contributed by atoms with Gasteiger partial charge in [0.1, 0.15) is 6.33 Å². The number of carbonyl (C=O) groups is 1. The van der Waals surface area contributed by atoms with Gasteiger partial charge < -0.3 is 0 Å². The third kappa shape index (κ3) is 3.83. The first-order valence-corrected chi connectivity index (χ1v) is 10.3. The van der Waals surface area contributed by atoms with Gasteiger partial charge in [-0.3, -0.25) is 10.1 Å². The largest absolute Gasteiger partial charge is 0.298 e. The number of carbonyl (C=O) groups excluding carboxylic acids is 1. The molecule has 5 aromatic rings. The summed E-state index contributed by atoms with van der Waals surface area (Å²) in [5.74, 6) is -0.216. The molecule has 0 fully saturated rings. The van der Waals surface area contributed by atoms with Crippen molar-refractivity contribution in [2.24, 2.45) is 0 Å². The van der Waals surface area contributed by atoms with Crippen LogP contribution in [0.4, 0.5) is 5.13 Å². The zero-order valence-electron chi connectivity index (χ0n) is 16.4. The summed E-state index contributed by atoms with van der Waals surface area (Å²) >= 11 is 1.37. The Morgan fingerprint density at radius 2 is 1.94 bits per heavy atom. The van der Waals surface area contributed by atoms with Gasteiger partial charge in [0, 0.05) is 28.4 Å². The number of aromatic nitrogens is 7. The number of tetrazole rings is 1. The fraction of sp³-hybridized carbons (Fsp3) is 0.0476. The Labute approximate surface area is 181 Å². The number of nitrogens with zero attached hydrogens (tertiary/aromatic N) is 7. The molecule has 10 heteroatoms. The summed E-state index contributed by atoms with van der Waals surface area (Å²) in [5.41, 5.74) is 4.97. The van der Waals surface area contributed by atoms with Crippen LogP contribution in [0.1, 0.15) is 16.1 Å². The molecule has 3 aromatic heterocycles. The molecule has 3 heterocycles. The van der Waals surface area contributed by atoms with Gasteiger partial charge in [-0.15, -0.1) is 16.4 Å². The maximum absolute atomic E-state index is 12.6. The molecule has 1 N–H and O–H groups in total. The Balaban J connectivity index is 1.31. The van der Waals surface area contributed by atoms with Crippen molar-refractivity contribution < 1.29 is 4.79 Å². The predicted octanol–water partition coefficient (Wildman–Crippen LogP) is 3.53. The van der Waals surface area contributed by atoms with E-state index in [1.807, 2.05) is 59.5 Å². The van der Waals surface area contributed by atoms with Crippen molar-refractivity contribution in [2.45, 2.75) is 6.92 Å². The van der Waals surface area contributed by atoms with E-state index < -0.39 is 0 Å². The van der Waals surface area contributed by atoms with E-state index in [-0.39, 0.29) is 5.91 Å². The summed E-state index contributed by atoms with van der Waals surface area (Å²) in [6.07, 6.45) is 3.28. The van der Waals surface area contributed by atoms with Crippen molar-refractivity contribution in [2.75, 3.05) is 5.32 Å². The highest BCUT2D eigenvalue weighted by atomic mass is 32.1. The maximum Gasteiger partial charge on any atom is 0.257 e. The van der Waals surface area contributed by atoms with E-state index in [1.54, 1.807) is 23.0 Å². The molecule has 0 aliphatic carbocycles. The van der Waals surface area contributed by atoms with Crippen LogP contribution in [-0.4, -0.2) is 40.9 Å². The maximum atomic E-state index is 12.6. The molecule has 0 saturated carbocycles. The van der Waals surface area contributed by atoms with E-state index >= 15 is 0 Å². The minimum absolute atomic E-state index is 0.216. The second kappa shape index (κ2) is 7.92. The van der Waals surface area contributed by atoms with Gasteiger partial charge in [-0.25, -0.2) is 14.3 Å². The molecule has 152 valence electrons. The van der Waals surface area contributed by atoms with Gasteiger partial charge >= 0.3 is 0 Å². The molecule has 0 radical (unpaired) electrons. The van der Waals surface area contributed by atoms with Crippen LogP contribution in [-0.2, 0) is 0 Å². The lowest BCUT2D eigenvalue weighted by molar-refractivity contribution is 0.102. The van der Waals surface area contributed by atoms with Crippen molar-refractivity contribution in [1.29, 1.82) is 0 Å². The molecule has 0 spiro atoms. The van der Waals surface area contributed by atoms with Gasteiger partial charge in [0.2, 0.25) is 0 Å². The highest BCUT2D eigenvalue weighted by Crippen LogP contribution is 2.26. The monoisotopic (exact) mass is 428 g/mol. The van der Waals surface area contributed by atoms with Crippen LogP contribution in [0.15, 0.2) is 72.5 Å². The molecular formula is C21H16N8OS. The lowest BCUT2D eigenvalue weighted by atomic mass is 10.1. The lowest BCUT2D eigenvalue weighted by Gasteiger charge is -2.06. The highest BCUT2D eigenvalue weighted by molar-refractivity contribution is 7.14. The van der Waals surface area contributed by atoms with E-state index in [0.29, 0.717) is 10.7 Å². The molecule has 1 amide bonds. The van der Waals surface area contributed by atoms with Crippen LogP contribution in [0.5, 0.6) is 0 Å². The molecular weight excluding hydrogens is 412 g/mol. The predicted molar refractivity (Wildman–Crippen MR) is 117 cm³/mol. The van der Waals surface area contributed by atoms with Crippen molar-refractivity contribution in [1.82, 2.24) is 35.0 Å². The fourth-order valence-electron chi connectivity index (χ4n) is 3.11. The van der Waals surface area contributed by atoms with Gasteiger partial charge in [0.25, 0.3) is 5.91 Å². The van der Waals surface area contributed by atoms with Crippen LogP contribution >= 0.6 is 11.3 Å². The van der Waals surface area contributed by atoms with E-state index in [1.165, 1.54) is 17.7 Å². The van der Waals surface area contributed by atoms with Gasteiger partial charge in [0.15, 0.2) is 5.13 Å². The van der Waals surface area contributed by atoms with Gasteiger partial charge in [-0.1, -0.05) is 12.1 Å². The SMILES string of the molecule is Cc1ccnn1-c1ccc(C(=O)Nc2nc(-c3cccc(-n4cnnn4)c3)cs2)cc1. The first kappa shape index (κ1) is 18.8. The summed E-state index contributed by atoms with van der Waals surface area (Å²) in [6, 6.07) is 16.9. The van der Waals surface area contributed by atoms with Crippen molar-refractivity contribution in [3.8, 4) is 22.6 Å². The van der Waals surface area contributed by atoms with Gasteiger partial charge in [0.05, 0.1) is 17.1 Å². The number of rotatable bonds is 5. The van der Waals surface area contributed by atoms with Crippen LogP contribution in [0.25, 0.3) is 22.6 Å². The number of aryl methyl sites for hydroxylation is 1. The number of amides is 1. The molecule has 31 heavy (non-hydrogen) atoms. The standard InChI is InChI=1S/C21H16N8OS/c1-14-9-10-23-29(14)17-7-5-15(6-8-17)20(30)25-21-24-19(12-31-21)16-3-2-4-18(11-16)28-13-22-26-27-28/h2-13H,1H3,(H,24,25,30). The minimum Gasteiger partial charge on any atom is -0.298 e. The third-order valence-corrected chi connectivity index (χ3v) is 5.44. The number of anilines is 1. The molecule has 9 nitrogen and oxygen atoms in total. The first-order valence-electron chi connectivity index (χ1n) is 9.39. The Morgan fingerprint density at radius 1 is 1.06 bits per heavy atom. The zero-order chi connectivity index (χ0) is 21.2. The molecule has 0 aliphatic rings. The first-order chi connectivity index (χ1) is 15.2. The van der Waals surface area contributed by atoms with Crippen LogP contribution < -0.4 is 5.32 Å². The highest BCUT2D eigenvalue weighted by Gasteiger charge is 2.11. The molecule has 2 aromatic carbocycles. The summed E-state index contributed by atoms with van der Waals surface area (Å²) in [7, 11) is 0. The second-order valence-corrected chi connectivity index (χ2v) is 7.59. The number of nitrogens with one attached hydrogen (secondary N) is 1. The van der Waals surface area contributed by atoms with Gasteiger partial charge in [-0.05, 0) is 59.8 Å². The number of hydrogen-bond donors (Lipinski definition) is 1. The van der Waals surface area contributed by atoms with Crippen molar-refractivity contribution in [3.05, 3.63) is 83.8 Å². The Hall–Kier alpha value is -4.18. The van der Waals surface area contributed by atoms with E-state index in [4.69, 9.17) is 0 Å². The van der Waals surface area contributed by atoms with E-state index in [0.717, 1.165) is 28.3 Å². The van der Waals surface area contributed by atoms with Crippen molar-refractivity contribution >= 4 is 22.4 Å². The average Bonchev–Trinajstić information content (AvgIpc) is 3.56. The minimum atomic E-state index is -0.216. The van der Waals surface area contributed by atoms with Crippen molar-refractivity contribution in [3.63, 3.8) is 0 Å². The number of thiazole rings is 1. The molecule has 5 rings (SSSR count). The topological polar surface area (TPSA) is 103 Å². The Bertz CT molecular complexity index is 1340. The second-order valence-electron chi connectivity index (χ2n) is 6.73. The van der Waals surface area contributed by atoms with E-state index in [9.17, 15) is 4.79 Å². The third-order valence-electron chi connectivity index (χ3n) is 4.69. The molecule has 0 unspecified atom stereocenters. The molecule has 0 aliphatic heterocycles.